The zero-order valence-electron chi connectivity index (χ0n) is 15.8. The van der Waals surface area contributed by atoms with Gasteiger partial charge in [-0.15, -0.1) is 0 Å². The van der Waals surface area contributed by atoms with E-state index in [9.17, 15) is 9.59 Å². The SMILES string of the molecule is O=C1O[C@@H](c2ccccc2)N(C(=O)OCc2ccccc2)[C@H]1Cc1ccccc1. The van der Waals surface area contributed by atoms with Crippen molar-refractivity contribution in [3.05, 3.63) is 108 Å². The normalized spacial score (nSPS) is 18.3. The van der Waals surface area contributed by atoms with Gasteiger partial charge < -0.3 is 9.47 Å². The predicted octanol–water partition coefficient (Wildman–Crippen LogP) is 4.49. The lowest BCUT2D eigenvalue weighted by Gasteiger charge is -2.25. The predicted molar refractivity (Wildman–Crippen MR) is 108 cm³/mol. The van der Waals surface area contributed by atoms with Crippen molar-refractivity contribution >= 4 is 12.1 Å². The lowest BCUT2D eigenvalue weighted by molar-refractivity contribution is -0.142. The highest BCUT2D eigenvalue weighted by Gasteiger charge is 2.46. The monoisotopic (exact) mass is 387 g/mol. The first-order valence-corrected chi connectivity index (χ1v) is 9.51. The van der Waals surface area contributed by atoms with Crippen molar-refractivity contribution in [3.63, 3.8) is 0 Å². The zero-order valence-corrected chi connectivity index (χ0v) is 15.8. The second-order valence-corrected chi connectivity index (χ2v) is 6.85. The number of benzene rings is 3. The summed E-state index contributed by atoms with van der Waals surface area (Å²) in [5, 5.41) is 0. The van der Waals surface area contributed by atoms with Crippen molar-refractivity contribution in [2.45, 2.75) is 25.3 Å². The van der Waals surface area contributed by atoms with Crippen LogP contribution < -0.4 is 0 Å². The Balaban J connectivity index is 1.59. The molecule has 1 heterocycles. The Bertz CT molecular complexity index is 960. The molecule has 1 fully saturated rings. The summed E-state index contributed by atoms with van der Waals surface area (Å²) in [6, 6.07) is 27.5. The molecular formula is C24H21NO4. The van der Waals surface area contributed by atoms with Crippen LogP contribution in [0.15, 0.2) is 91.0 Å². The summed E-state index contributed by atoms with van der Waals surface area (Å²) >= 11 is 0. The number of hydrogen-bond acceptors (Lipinski definition) is 4. The summed E-state index contributed by atoms with van der Waals surface area (Å²) in [6.07, 6.45) is -1.01. The molecule has 1 amide bonds. The molecule has 3 aromatic carbocycles. The van der Waals surface area contributed by atoms with E-state index in [2.05, 4.69) is 0 Å². The molecular weight excluding hydrogens is 366 g/mol. The molecule has 0 radical (unpaired) electrons. The molecule has 5 nitrogen and oxygen atoms in total. The molecule has 4 rings (SSSR count). The molecule has 0 spiro atoms. The number of carbonyl (C=O) groups is 2. The molecule has 0 bridgehead atoms. The van der Waals surface area contributed by atoms with Gasteiger partial charge in [-0.3, -0.25) is 4.90 Å². The van der Waals surface area contributed by atoms with Gasteiger partial charge in [0.25, 0.3) is 0 Å². The molecule has 0 unspecified atom stereocenters. The van der Waals surface area contributed by atoms with E-state index in [0.29, 0.717) is 6.42 Å². The molecule has 1 aliphatic heterocycles. The van der Waals surface area contributed by atoms with Gasteiger partial charge in [0.05, 0.1) is 0 Å². The number of rotatable bonds is 5. The van der Waals surface area contributed by atoms with Gasteiger partial charge in [-0.2, -0.15) is 0 Å². The molecule has 1 saturated heterocycles. The number of carbonyl (C=O) groups excluding carboxylic acids is 2. The fourth-order valence-electron chi connectivity index (χ4n) is 3.40. The molecule has 29 heavy (non-hydrogen) atoms. The topological polar surface area (TPSA) is 55.8 Å². The molecule has 3 aromatic rings. The quantitative estimate of drug-likeness (QED) is 0.605. The highest BCUT2D eigenvalue weighted by atomic mass is 16.6. The van der Waals surface area contributed by atoms with Crippen molar-refractivity contribution in [1.29, 1.82) is 0 Å². The van der Waals surface area contributed by atoms with Gasteiger partial charge in [-0.25, -0.2) is 9.59 Å². The van der Waals surface area contributed by atoms with Gasteiger partial charge >= 0.3 is 12.1 Å². The van der Waals surface area contributed by atoms with Gasteiger partial charge in [-0.1, -0.05) is 91.0 Å². The van der Waals surface area contributed by atoms with Crippen LogP contribution in [0.1, 0.15) is 22.9 Å². The highest BCUT2D eigenvalue weighted by Crippen LogP contribution is 2.34. The van der Waals surface area contributed by atoms with Crippen molar-refractivity contribution < 1.29 is 19.1 Å². The first-order chi connectivity index (χ1) is 14.2. The van der Waals surface area contributed by atoms with E-state index in [-0.39, 0.29) is 6.61 Å². The summed E-state index contributed by atoms with van der Waals surface area (Å²) in [5.41, 5.74) is 2.56. The van der Waals surface area contributed by atoms with Crippen LogP contribution in [0, 0.1) is 0 Å². The lowest BCUT2D eigenvalue weighted by atomic mass is 10.1. The Kier molecular flexibility index (Phi) is 5.56. The first-order valence-electron chi connectivity index (χ1n) is 9.51. The Morgan fingerprint density at radius 2 is 1.38 bits per heavy atom. The molecule has 0 aromatic heterocycles. The van der Waals surface area contributed by atoms with Gasteiger partial charge in [0.15, 0.2) is 0 Å². The van der Waals surface area contributed by atoms with E-state index in [1.165, 1.54) is 4.90 Å². The lowest BCUT2D eigenvalue weighted by Crippen LogP contribution is -2.41. The maximum absolute atomic E-state index is 13.0. The van der Waals surface area contributed by atoms with Crippen LogP contribution in [-0.2, 0) is 27.3 Å². The molecule has 5 heteroatoms. The van der Waals surface area contributed by atoms with E-state index in [1.807, 2.05) is 91.0 Å². The second-order valence-electron chi connectivity index (χ2n) is 6.85. The molecule has 1 aliphatic rings. The third kappa shape index (κ3) is 4.29. The Morgan fingerprint density at radius 1 is 0.828 bits per heavy atom. The van der Waals surface area contributed by atoms with Crippen molar-refractivity contribution in [2.24, 2.45) is 0 Å². The number of cyclic esters (lactones) is 1. The summed E-state index contributed by atoms with van der Waals surface area (Å²) in [5.74, 6) is -0.431. The maximum Gasteiger partial charge on any atom is 0.414 e. The molecule has 0 aliphatic carbocycles. The molecule has 2 atom stereocenters. The fraction of sp³-hybridized carbons (Fsp3) is 0.167. The van der Waals surface area contributed by atoms with E-state index < -0.39 is 24.3 Å². The summed E-state index contributed by atoms with van der Waals surface area (Å²) in [4.78, 5) is 27.1. The highest BCUT2D eigenvalue weighted by molar-refractivity contribution is 5.85. The van der Waals surface area contributed by atoms with Gasteiger partial charge in [0, 0.05) is 12.0 Å². The molecule has 146 valence electrons. The Labute approximate surface area is 169 Å². The van der Waals surface area contributed by atoms with Crippen molar-refractivity contribution in [2.75, 3.05) is 0 Å². The zero-order chi connectivity index (χ0) is 20.1. The minimum atomic E-state index is -0.805. The van der Waals surface area contributed by atoms with Crippen LogP contribution in [0.5, 0.6) is 0 Å². The summed E-state index contributed by atoms with van der Waals surface area (Å²) in [7, 11) is 0. The van der Waals surface area contributed by atoms with Crippen LogP contribution in [0.3, 0.4) is 0 Å². The van der Waals surface area contributed by atoms with Crippen molar-refractivity contribution in [1.82, 2.24) is 4.90 Å². The third-order valence-electron chi connectivity index (χ3n) is 4.86. The van der Waals surface area contributed by atoms with E-state index in [4.69, 9.17) is 9.47 Å². The number of hydrogen-bond donors (Lipinski definition) is 0. The summed E-state index contributed by atoms with van der Waals surface area (Å²) < 4.78 is 11.1. The number of nitrogens with zero attached hydrogens (tertiary/aromatic N) is 1. The largest absolute Gasteiger partial charge is 0.444 e. The van der Waals surface area contributed by atoms with Crippen LogP contribution in [0.4, 0.5) is 4.79 Å². The standard InChI is InChI=1S/C24H21NO4/c26-23-21(16-18-10-4-1-5-11-18)25(22(29-23)20-14-8-3-9-15-20)24(27)28-17-19-12-6-2-7-13-19/h1-15,21-22H,16-17H2/t21-,22-/m0/s1. The van der Waals surface area contributed by atoms with Crippen LogP contribution in [0.2, 0.25) is 0 Å². The average molecular weight is 387 g/mol. The molecule has 0 N–H and O–H groups in total. The number of amides is 1. The van der Waals surface area contributed by atoms with Gasteiger partial charge in [-0.05, 0) is 11.1 Å². The number of ether oxygens (including phenoxy) is 2. The Morgan fingerprint density at radius 3 is 2.00 bits per heavy atom. The van der Waals surface area contributed by atoms with E-state index >= 15 is 0 Å². The minimum absolute atomic E-state index is 0.129. The second kappa shape index (κ2) is 8.61. The van der Waals surface area contributed by atoms with Crippen LogP contribution >= 0.6 is 0 Å². The van der Waals surface area contributed by atoms with E-state index in [0.717, 1.165) is 16.7 Å². The van der Waals surface area contributed by atoms with Gasteiger partial charge in [0.1, 0.15) is 12.6 Å². The fourth-order valence-corrected chi connectivity index (χ4v) is 3.40. The maximum atomic E-state index is 13.0. The van der Waals surface area contributed by atoms with E-state index in [1.54, 1.807) is 0 Å². The van der Waals surface area contributed by atoms with Gasteiger partial charge in [0.2, 0.25) is 6.23 Å². The summed E-state index contributed by atoms with van der Waals surface area (Å²) in [6.45, 7) is 0.129. The van der Waals surface area contributed by atoms with Crippen LogP contribution in [-0.4, -0.2) is 23.0 Å². The minimum Gasteiger partial charge on any atom is -0.444 e. The molecule has 0 saturated carbocycles. The first kappa shape index (κ1) is 18.7. The van der Waals surface area contributed by atoms with Crippen molar-refractivity contribution in [3.8, 4) is 0 Å². The average Bonchev–Trinajstić information content (AvgIpc) is 3.10. The third-order valence-corrected chi connectivity index (χ3v) is 4.86. The number of esters is 1. The Hall–Kier alpha value is -3.60. The smallest absolute Gasteiger partial charge is 0.414 e. The van der Waals surface area contributed by atoms with Crippen LogP contribution in [0.25, 0.3) is 0 Å².